The summed E-state index contributed by atoms with van der Waals surface area (Å²) >= 11 is 0. The van der Waals surface area contributed by atoms with Crippen LogP contribution in [0.25, 0.3) is 17.1 Å². The summed E-state index contributed by atoms with van der Waals surface area (Å²) in [5.74, 6) is 0.0146. The number of hydrogen-bond acceptors (Lipinski definition) is 3. The number of carbonyl (C=O) groups is 1. The SMILES string of the molecule is Cn1cnc2cc(C(=O)N(C/C=C/c3ccccc3)C[C@H]3CCCO3)ccc21. The number of imidazole rings is 1. The quantitative estimate of drug-likeness (QED) is 0.656. The number of carbonyl (C=O) groups excluding carboxylic acids is 1. The molecule has 5 heteroatoms. The lowest BCUT2D eigenvalue weighted by Gasteiger charge is -2.24. The van der Waals surface area contributed by atoms with E-state index in [1.807, 2.05) is 59.0 Å². The molecule has 0 radical (unpaired) electrons. The third-order valence-electron chi connectivity index (χ3n) is 5.14. The highest BCUT2D eigenvalue weighted by molar-refractivity contribution is 5.97. The van der Waals surface area contributed by atoms with Gasteiger partial charge in [0.05, 0.1) is 23.5 Å². The van der Waals surface area contributed by atoms with E-state index in [-0.39, 0.29) is 12.0 Å². The Hall–Kier alpha value is -2.92. The van der Waals surface area contributed by atoms with Crippen LogP contribution in [-0.4, -0.2) is 46.2 Å². The van der Waals surface area contributed by atoms with Gasteiger partial charge in [0.15, 0.2) is 0 Å². The fraction of sp³-hybridized carbons (Fsp3) is 0.304. The molecule has 2 aromatic carbocycles. The lowest BCUT2D eigenvalue weighted by molar-refractivity contribution is 0.0554. The number of benzene rings is 2. The maximum atomic E-state index is 13.2. The molecular weight excluding hydrogens is 350 g/mol. The number of fused-ring (bicyclic) bond motifs is 1. The molecule has 0 spiro atoms. The number of aryl methyl sites for hydroxylation is 1. The number of rotatable bonds is 6. The fourth-order valence-corrected chi connectivity index (χ4v) is 3.61. The van der Waals surface area contributed by atoms with Crippen LogP contribution >= 0.6 is 0 Å². The second kappa shape index (κ2) is 8.40. The molecule has 144 valence electrons. The second-order valence-electron chi connectivity index (χ2n) is 7.22. The van der Waals surface area contributed by atoms with Gasteiger partial charge in [-0.15, -0.1) is 0 Å². The number of hydrogen-bond donors (Lipinski definition) is 0. The largest absolute Gasteiger partial charge is 0.376 e. The minimum Gasteiger partial charge on any atom is -0.376 e. The molecule has 5 nitrogen and oxygen atoms in total. The summed E-state index contributed by atoms with van der Waals surface area (Å²) in [4.78, 5) is 19.5. The zero-order valence-electron chi connectivity index (χ0n) is 16.1. The molecule has 1 amide bonds. The van der Waals surface area contributed by atoms with Crippen molar-refractivity contribution in [2.24, 2.45) is 7.05 Å². The third-order valence-corrected chi connectivity index (χ3v) is 5.14. The molecule has 1 aromatic heterocycles. The summed E-state index contributed by atoms with van der Waals surface area (Å²) in [7, 11) is 1.95. The van der Waals surface area contributed by atoms with Gasteiger partial charge >= 0.3 is 0 Å². The Kier molecular flexibility index (Phi) is 5.53. The highest BCUT2D eigenvalue weighted by Crippen LogP contribution is 2.18. The van der Waals surface area contributed by atoms with Gasteiger partial charge in [-0.3, -0.25) is 4.79 Å². The van der Waals surface area contributed by atoms with Crippen molar-refractivity contribution in [3.8, 4) is 0 Å². The van der Waals surface area contributed by atoms with Gasteiger partial charge in [0.1, 0.15) is 0 Å². The fourth-order valence-electron chi connectivity index (χ4n) is 3.61. The summed E-state index contributed by atoms with van der Waals surface area (Å²) in [6.07, 6.45) is 8.05. The van der Waals surface area contributed by atoms with Gasteiger partial charge in [-0.25, -0.2) is 4.98 Å². The molecule has 1 aliphatic rings. The topological polar surface area (TPSA) is 47.4 Å². The molecule has 0 N–H and O–H groups in total. The summed E-state index contributed by atoms with van der Waals surface area (Å²) in [5, 5.41) is 0. The van der Waals surface area contributed by atoms with Gasteiger partial charge in [-0.05, 0) is 36.6 Å². The average molecular weight is 375 g/mol. The second-order valence-corrected chi connectivity index (χ2v) is 7.22. The molecule has 1 saturated heterocycles. The van der Waals surface area contributed by atoms with Crippen LogP contribution < -0.4 is 0 Å². The molecule has 0 bridgehead atoms. The van der Waals surface area contributed by atoms with E-state index >= 15 is 0 Å². The third kappa shape index (κ3) is 4.15. The van der Waals surface area contributed by atoms with Crippen LogP contribution in [0.3, 0.4) is 0 Å². The number of aromatic nitrogens is 2. The van der Waals surface area contributed by atoms with Gasteiger partial charge < -0.3 is 14.2 Å². The Morgan fingerprint density at radius 3 is 2.93 bits per heavy atom. The normalized spacial score (nSPS) is 16.8. The smallest absolute Gasteiger partial charge is 0.254 e. The van der Waals surface area contributed by atoms with E-state index in [2.05, 4.69) is 23.2 Å². The number of nitrogens with zero attached hydrogens (tertiary/aromatic N) is 3. The van der Waals surface area contributed by atoms with E-state index in [9.17, 15) is 4.79 Å². The molecule has 4 rings (SSSR count). The first-order valence-electron chi connectivity index (χ1n) is 9.74. The highest BCUT2D eigenvalue weighted by Gasteiger charge is 2.23. The van der Waals surface area contributed by atoms with Crippen LogP contribution in [0.4, 0.5) is 0 Å². The maximum Gasteiger partial charge on any atom is 0.254 e. The van der Waals surface area contributed by atoms with E-state index in [0.717, 1.165) is 36.0 Å². The van der Waals surface area contributed by atoms with Crippen molar-refractivity contribution in [3.63, 3.8) is 0 Å². The average Bonchev–Trinajstić information content (AvgIpc) is 3.37. The summed E-state index contributed by atoms with van der Waals surface area (Å²) in [6.45, 7) is 1.94. The first-order valence-corrected chi connectivity index (χ1v) is 9.74. The molecule has 28 heavy (non-hydrogen) atoms. The summed E-state index contributed by atoms with van der Waals surface area (Å²) < 4.78 is 7.73. The van der Waals surface area contributed by atoms with Crippen molar-refractivity contribution in [1.29, 1.82) is 0 Å². The Bertz CT molecular complexity index is 972. The zero-order valence-corrected chi connectivity index (χ0v) is 16.1. The molecule has 0 saturated carbocycles. The molecule has 1 atom stereocenters. The maximum absolute atomic E-state index is 13.2. The van der Waals surface area contributed by atoms with Crippen LogP contribution in [0.1, 0.15) is 28.8 Å². The van der Waals surface area contributed by atoms with E-state index in [1.165, 1.54) is 0 Å². The molecule has 2 heterocycles. The van der Waals surface area contributed by atoms with Crippen molar-refractivity contribution < 1.29 is 9.53 Å². The zero-order chi connectivity index (χ0) is 19.3. The molecule has 0 aliphatic carbocycles. The molecule has 3 aromatic rings. The summed E-state index contributed by atoms with van der Waals surface area (Å²) in [5.41, 5.74) is 3.65. The Balaban J connectivity index is 1.53. The standard InChI is InChI=1S/C23H25N3O2/c1-25-17-24-21-15-19(11-12-22(21)25)23(27)26(16-20-10-6-14-28-20)13-5-9-18-7-3-2-4-8-18/h2-5,7-9,11-12,15,17,20H,6,10,13-14,16H2,1H3/b9-5+/t20-/m1/s1. The van der Waals surface area contributed by atoms with Crippen LogP contribution in [0.15, 0.2) is 60.9 Å². The van der Waals surface area contributed by atoms with E-state index in [1.54, 1.807) is 6.33 Å². The lowest BCUT2D eigenvalue weighted by Crippen LogP contribution is -2.37. The van der Waals surface area contributed by atoms with Gasteiger partial charge in [0.25, 0.3) is 5.91 Å². The van der Waals surface area contributed by atoms with Crippen molar-refractivity contribution in [2.45, 2.75) is 18.9 Å². The Morgan fingerprint density at radius 1 is 1.29 bits per heavy atom. The van der Waals surface area contributed by atoms with Crippen LogP contribution in [0.5, 0.6) is 0 Å². The predicted octanol–water partition coefficient (Wildman–Crippen LogP) is 3.91. The highest BCUT2D eigenvalue weighted by atomic mass is 16.5. The number of amides is 1. The van der Waals surface area contributed by atoms with Gasteiger partial charge in [-0.2, -0.15) is 0 Å². The monoisotopic (exact) mass is 375 g/mol. The number of ether oxygens (including phenoxy) is 1. The van der Waals surface area contributed by atoms with E-state index in [0.29, 0.717) is 18.7 Å². The van der Waals surface area contributed by atoms with Crippen molar-refractivity contribution in [1.82, 2.24) is 14.5 Å². The Labute approximate surface area is 165 Å². The van der Waals surface area contributed by atoms with Crippen molar-refractivity contribution in [3.05, 3.63) is 72.1 Å². The van der Waals surface area contributed by atoms with Gasteiger partial charge in [-0.1, -0.05) is 42.5 Å². The van der Waals surface area contributed by atoms with Crippen LogP contribution in [0.2, 0.25) is 0 Å². The lowest BCUT2D eigenvalue weighted by atomic mass is 10.1. The first-order chi connectivity index (χ1) is 13.7. The van der Waals surface area contributed by atoms with E-state index in [4.69, 9.17) is 4.74 Å². The molecule has 0 unspecified atom stereocenters. The molecular formula is C23H25N3O2. The molecule has 1 fully saturated rings. The van der Waals surface area contributed by atoms with E-state index < -0.39 is 0 Å². The van der Waals surface area contributed by atoms with Crippen molar-refractivity contribution in [2.75, 3.05) is 19.7 Å². The van der Waals surface area contributed by atoms with Crippen molar-refractivity contribution >= 4 is 23.0 Å². The Morgan fingerprint density at radius 2 is 2.14 bits per heavy atom. The van der Waals surface area contributed by atoms with Gasteiger partial charge in [0, 0.05) is 32.3 Å². The molecule has 1 aliphatic heterocycles. The minimum atomic E-state index is 0.0146. The predicted molar refractivity (Wildman–Crippen MR) is 111 cm³/mol. The first kappa shape index (κ1) is 18.4. The van der Waals surface area contributed by atoms with Crippen LogP contribution in [0, 0.1) is 0 Å². The van der Waals surface area contributed by atoms with Gasteiger partial charge in [0.2, 0.25) is 0 Å². The summed E-state index contributed by atoms with van der Waals surface area (Å²) in [6, 6.07) is 15.8. The minimum absolute atomic E-state index is 0.0146. The van der Waals surface area contributed by atoms with Crippen LogP contribution in [-0.2, 0) is 11.8 Å².